The van der Waals surface area contributed by atoms with Gasteiger partial charge in [-0.05, 0) is 13.0 Å². The molecule has 0 aliphatic heterocycles. The van der Waals surface area contributed by atoms with Crippen molar-refractivity contribution in [3.8, 4) is 11.5 Å². The van der Waals surface area contributed by atoms with Crippen molar-refractivity contribution in [2.45, 2.75) is 13.5 Å². The number of aromatic nitrogens is 1. The molecule has 12 heteroatoms. The molecule has 3 rings (SSSR count). The summed E-state index contributed by atoms with van der Waals surface area (Å²) < 4.78 is 17.9. The summed E-state index contributed by atoms with van der Waals surface area (Å²) in [7, 11) is 2.97. The van der Waals surface area contributed by atoms with E-state index in [0.717, 1.165) is 17.4 Å². The minimum Gasteiger partial charge on any atom is -0.493 e. The van der Waals surface area contributed by atoms with E-state index in [1.54, 1.807) is 19.1 Å². The highest BCUT2D eigenvalue weighted by Crippen LogP contribution is 2.33. The first-order valence-electron chi connectivity index (χ1n) is 9.23. The Morgan fingerprint density at radius 2 is 1.88 bits per heavy atom. The summed E-state index contributed by atoms with van der Waals surface area (Å²) in [5.74, 6) is -0.426. The number of nitrogens with zero attached hydrogens (tertiary/aromatic N) is 3. The largest absolute Gasteiger partial charge is 0.493 e. The maximum Gasteiger partial charge on any atom is 0.326 e. The predicted octanol–water partition coefficient (Wildman–Crippen LogP) is 3.59. The van der Waals surface area contributed by atoms with Crippen LogP contribution in [0.3, 0.4) is 0 Å². The highest BCUT2D eigenvalue weighted by molar-refractivity contribution is 7.16. The lowest BCUT2D eigenvalue weighted by atomic mass is 10.2. The van der Waals surface area contributed by atoms with E-state index in [1.165, 1.54) is 30.9 Å². The number of esters is 1. The molecule has 168 valence electrons. The third-order valence-electron chi connectivity index (χ3n) is 4.37. The molecule has 0 spiro atoms. The number of hydrogen-bond acceptors (Lipinski definition) is 8. The Kier molecular flexibility index (Phi) is 7.11. The van der Waals surface area contributed by atoms with Gasteiger partial charge in [0, 0.05) is 24.3 Å². The summed E-state index contributed by atoms with van der Waals surface area (Å²) in [6, 6.07) is 6.87. The van der Waals surface area contributed by atoms with Gasteiger partial charge in [0.05, 0.1) is 46.6 Å². The molecule has 0 aliphatic rings. The molecule has 2 aromatic carbocycles. The molecule has 0 saturated heterocycles. The van der Waals surface area contributed by atoms with Crippen LogP contribution in [-0.4, -0.2) is 42.2 Å². The number of nitro groups is 1. The van der Waals surface area contributed by atoms with Crippen LogP contribution in [0.5, 0.6) is 11.5 Å². The lowest BCUT2D eigenvalue weighted by Crippen LogP contribution is -2.23. The van der Waals surface area contributed by atoms with Crippen LogP contribution in [0.4, 0.5) is 5.69 Å². The molecule has 0 atom stereocenters. The topological polar surface area (TPSA) is 122 Å². The number of thiazole rings is 1. The van der Waals surface area contributed by atoms with E-state index in [2.05, 4.69) is 4.99 Å². The monoisotopic (exact) mass is 479 g/mol. The van der Waals surface area contributed by atoms with Crippen LogP contribution < -0.4 is 14.3 Å². The van der Waals surface area contributed by atoms with Crippen molar-refractivity contribution in [2.75, 3.05) is 20.8 Å². The molecule has 0 N–H and O–H groups in total. The highest BCUT2D eigenvalue weighted by atomic mass is 35.5. The van der Waals surface area contributed by atoms with Crippen LogP contribution in [0, 0.1) is 10.1 Å². The van der Waals surface area contributed by atoms with Crippen molar-refractivity contribution in [3.05, 3.63) is 55.8 Å². The molecule has 0 radical (unpaired) electrons. The molecule has 1 aromatic heterocycles. The van der Waals surface area contributed by atoms with Gasteiger partial charge in [-0.1, -0.05) is 22.9 Å². The normalized spacial score (nSPS) is 11.4. The number of carbonyl (C=O) groups excluding carboxylic acids is 2. The molecule has 0 aliphatic carbocycles. The lowest BCUT2D eigenvalue weighted by Gasteiger charge is -2.09. The molecule has 10 nitrogen and oxygen atoms in total. The number of benzene rings is 2. The number of ether oxygens (including phenoxy) is 3. The summed E-state index contributed by atoms with van der Waals surface area (Å²) in [4.78, 5) is 39.8. The first-order chi connectivity index (χ1) is 15.3. The smallest absolute Gasteiger partial charge is 0.326 e. The van der Waals surface area contributed by atoms with Gasteiger partial charge in [-0.2, -0.15) is 4.99 Å². The number of amides is 1. The van der Waals surface area contributed by atoms with Gasteiger partial charge in [0.15, 0.2) is 16.3 Å². The Labute approximate surface area is 190 Å². The molecule has 32 heavy (non-hydrogen) atoms. The molecule has 0 bridgehead atoms. The number of fused-ring (bicyclic) bond motifs is 1. The number of hydrogen-bond donors (Lipinski definition) is 0. The average molecular weight is 480 g/mol. The fraction of sp³-hybridized carbons (Fsp3) is 0.250. The molecular weight excluding hydrogens is 462 g/mol. The molecule has 0 fully saturated rings. The van der Waals surface area contributed by atoms with Crippen molar-refractivity contribution < 1.29 is 28.7 Å². The van der Waals surface area contributed by atoms with Gasteiger partial charge in [-0.3, -0.25) is 19.7 Å². The predicted molar refractivity (Wildman–Crippen MR) is 118 cm³/mol. The first kappa shape index (κ1) is 23.2. The summed E-state index contributed by atoms with van der Waals surface area (Å²) in [5, 5.41) is 11.1. The van der Waals surface area contributed by atoms with E-state index < -0.39 is 16.8 Å². The van der Waals surface area contributed by atoms with Gasteiger partial charge in [0.25, 0.3) is 11.6 Å². The minimum absolute atomic E-state index is 0.0192. The number of halogens is 1. The van der Waals surface area contributed by atoms with Gasteiger partial charge < -0.3 is 18.8 Å². The second-order valence-electron chi connectivity index (χ2n) is 6.29. The summed E-state index contributed by atoms with van der Waals surface area (Å²) >= 11 is 7.20. The standard InChI is InChI=1S/C20H18ClN3O7S/c1-4-31-18(25)10-23-14-8-15(29-2)16(30-3)9-17(14)32-20(23)22-19(26)12-7-11(24(27)28)5-6-13(12)21/h5-9H,4,10H2,1-3H3. The van der Waals surface area contributed by atoms with E-state index in [9.17, 15) is 19.7 Å². The van der Waals surface area contributed by atoms with E-state index in [1.807, 2.05) is 0 Å². The number of non-ortho nitro benzene ring substituents is 1. The van der Waals surface area contributed by atoms with E-state index in [-0.39, 0.29) is 34.2 Å². The number of methoxy groups -OCH3 is 2. The molecule has 0 saturated carbocycles. The number of carbonyl (C=O) groups is 2. The zero-order valence-electron chi connectivity index (χ0n) is 17.3. The Bertz CT molecular complexity index is 1280. The Hall–Kier alpha value is -3.44. The minimum atomic E-state index is -0.790. The summed E-state index contributed by atoms with van der Waals surface area (Å²) in [6.07, 6.45) is 0. The zero-order chi connectivity index (χ0) is 23.4. The maximum atomic E-state index is 12.9. The molecule has 3 aromatic rings. The molecular formula is C20H18ClN3O7S. The van der Waals surface area contributed by atoms with Gasteiger partial charge >= 0.3 is 5.97 Å². The second kappa shape index (κ2) is 9.79. The van der Waals surface area contributed by atoms with Gasteiger partial charge in [0.1, 0.15) is 6.54 Å². The zero-order valence-corrected chi connectivity index (χ0v) is 18.9. The fourth-order valence-electron chi connectivity index (χ4n) is 2.91. The fourth-order valence-corrected chi connectivity index (χ4v) is 4.14. The van der Waals surface area contributed by atoms with E-state index in [4.69, 9.17) is 25.8 Å². The number of nitro benzene ring substituents is 1. The summed E-state index contributed by atoms with van der Waals surface area (Å²) in [6.45, 7) is 1.66. The SMILES string of the molecule is CCOC(=O)Cn1c(=NC(=O)c2cc([N+](=O)[O-])ccc2Cl)sc2cc(OC)c(OC)cc21. The summed E-state index contributed by atoms with van der Waals surface area (Å²) in [5.41, 5.74) is 0.145. The lowest BCUT2D eigenvalue weighted by molar-refractivity contribution is -0.384. The van der Waals surface area contributed by atoms with E-state index >= 15 is 0 Å². The second-order valence-corrected chi connectivity index (χ2v) is 7.71. The third-order valence-corrected chi connectivity index (χ3v) is 5.74. The third kappa shape index (κ3) is 4.73. The molecule has 0 unspecified atom stereocenters. The Morgan fingerprint density at radius 1 is 1.19 bits per heavy atom. The quantitative estimate of drug-likeness (QED) is 0.288. The Balaban J connectivity index is 2.20. The highest BCUT2D eigenvalue weighted by Gasteiger charge is 2.19. The van der Waals surface area contributed by atoms with Gasteiger partial charge in [0.2, 0.25) is 0 Å². The molecule has 1 amide bonds. The van der Waals surface area contributed by atoms with Crippen LogP contribution in [0.25, 0.3) is 10.2 Å². The average Bonchev–Trinajstić information content (AvgIpc) is 3.08. The van der Waals surface area contributed by atoms with Crippen molar-refractivity contribution in [2.24, 2.45) is 4.99 Å². The number of rotatable bonds is 7. The maximum absolute atomic E-state index is 12.9. The van der Waals surface area contributed by atoms with Crippen LogP contribution in [0.15, 0.2) is 35.3 Å². The van der Waals surface area contributed by atoms with Crippen LogP contribution in [0.2, 0.25) is 5.02 Å². The van der Waals surface area contributed by atoms with Crippen molar-refractivity contribution >= 4 is 50.7 Å². The van der Waals surface area contributed by atoms with Crippen LogP contribution in [-0.2, 0) is 16.1 Å². The molecule has 1 heterocycles. The van der Waals surface area contributed by atoms with Gasteiger partial charge in [-0.15, -0.1) is 0 Å². The van der Waals surface area contributed by atoms with E-state index in [0.29, 0.717) is 21.7 Å². The van der Waals surface area contributed by atoms with Crippen LogP contribution in [0.1, 0.15) is 17.3 Å². The Morgan fingerprint density at radius 3 is 2.50 bits per heavy atom. The van der Waals surface area contributed by atoms with Crippen molar-refractivity contribution in [1.82, 2.24) is 4.57 Å². The first-order valence-corrected chi connectivity index (χ1v) is 10.4. The van der Waals surface area contributed by atoms with Crippen LogP contribution >= 0.6 is 22.9 Å². The van der Waals surface area contributed by atoms with Gasteiger partial charge in [-0.25, -0.2) is 0 Å². The van der Waals surface area contributed by atoms with Crippen molar-refractivity contribution in [1.29, 1.82) is 0 Å². The van der Waals surface area contributed by atoms with Crippen molar-refractivity contribution in [3.63, 3.8) is 0 Å².